The Labute approximate surface area is 113 Å². The lowest BCUT2D eigenvalue weighted by molar-refractivity contribution is 0.100. The molecule has 0 radical (unpaired) electrons. The van der Waals surface area contributed by atoms with Gasteiger partial charge < -0.3 is 16.8 Å². The lowest BCUT2D eigenvalue weighted by Gasteiger charge is -2.12. The first-order valence-electron chi connectivity index (χ1n) is 6.19. The summed E-state index contributed by atoms with van der Waals surface area (Å²) in [6.45, 7) is 2.93. The van der Waals surface area contributed by atoms with Crippen molar-refractivity contribution in [3.8, 4) is 0 Å². The van der Waals surface area contributed by atoms with Gasteiger partial charge in [-0.2, -0.15) is 0 Å². The Hall–Kier alpha value is -1.42. The van der Waals surface area contributed by atoms with Gasteiger partial charge in [0.15, 0.2) is 0 Å². The number of nitrogen functional groups attached to an aromatic ring is 1. The van der Waals surface area contributed by atoms with Gasteiger partial charge >= 0.3 is 0 Å². The van der Waals surface area contributed by atoms with Crippen LogP contribution >= 0.6 is 11.6 Å². The molecule has 18 heavy (non-hydrogen) atoms. The molecule has 0 aliphatic rings. The smallest absolute Gasteiger partial charge is 0.250 e. The zero-order valence-electron chi connectivity index (χ0n) is 10.6. The van der Waals surface area contributed by atoms with Gasteiger partial charge in [-0.05, 0) is 18.6 Å². The van der Waals surface area contributed by atoms with Crippen LogP contribution in [0.15, 0.2) is 12.1 Å². The third kappa shape index (κ3) is 4.11. The van der Waals surface area contributed by atoms with Crippen LogP contribution in [-0.2, 0) is 0 Å². The minimum atomic E-state index is -0.528. The maximum absolute atomic E-state index is 11.3. The van der Waals surface area contributed by atoms with Crippen LogP contribution in [0.4, 0.5) is 11.4 Å². The van der Waals surface area contributed by atoms with E-state index in [9.17, 15) is 4.79 Å². The molecule has 1 rings (SSSR count). The minimum Gasteiger partial charge on any atom is -0.399 e. The lowest BCUT2D eigenvalue weighted by Crippen LogP contribution is -2.16. The van der Waals surface area contributed by atoms with Crippen molar-refractivity contribution in [1.82, 2.24) is 0 Å². The van der Waals surface area contributed by atoms with Crippen molar-refractivity contribution < 1.29 is 4.79 Å². The van der Waals surface area contributed by atoms with Gasteiger partial charge in [-0.1, -0.05) is 37.8 Å². The average molecular weight is 270 g/mol. The zero-order chi connectivity index (χ0) is 13.5. The van der Waals surface area contributed by atoms with Crippen molar-refractivity contribution in [3.05, 3.63) is 22.7 Å². The Balaban J connectivity index is 2.71. The molecule has 5 heteroatoms. The molecule has 0 heterocycles. The van der Waals surface area contributed by atoms with Gasteiger partial charge in [0.1, 0.15) is 0 Å². The molecule has 1 amide bonds. The number of amides is 1. The molecule has 0 bridgehead atoms. The van der Waals surface area contributed by atoms with E-state index >= 15 is 0 Å². The Morgan fingerprint density at radius 1 is 1.33 bits per heavy atom. The van der Waals surface area contributed by atoms with E-state index in [1.165, 1.54) is 12.8 Å². The Bertz CT molecular complexity index is 421. The predicted octanol–water partition coefficient (Wildman–Crippen LogP) is 3.01. The number of carbonyl (C=O) groups is 1. The summed E-state index contributed by atoms with van der Waals surface area (Å²) in [6.07, 6.45) is 4.59. The third-order valence-electron chi connectivity index (χ3n) is 2.71. The van der Waals surface area contributed by atoms with E-state index in [0.29, 0.717) is 22.0 Å². The molecule has 5 N–H and O–H groups in total. The van der Waals surface area contributed by atoms with Crippen molar-refractivity contribution in [2.45, 2.75) is 32.6 Å². The van der Waals surface area contributed by atoms with Crippen LogP contribution < -0.4 is 16.8 Å². The first-order valence-corrected chi connectivity index (χ1v) is 6.56. The quantitative estimate of drug-likeness (QED) is 0.526. The predicted molar refractivity (Wildman–Crippen MR) is 77.0 cm³/mol. The fraction of sp³-hybridized carbons (Fsp3) is 0.462. The Morgan fingerprint density at radius 3 is 2.67 bits per heavy atom. The molecule has 1 aromatic rings. The second-order valence-corrected chi connectivity index (χ2v) is 4.68. The number of primary amides is 1. The van der Waals surface area contributed by atoms with E-state index in [2.05, 4.69) is 12.2 Å². The van der Waals surface area contributed by atoms with Crippen LogP contribution in [0.5, 0.6) is 0 Å². The van der Waals surface area contributed by atoms with Crippen molar-refractivity contribution in [3.63, 3.8) is 0 Å². The first kappa shape index (κ1) is 14.6. The Morgan fingerprint density at radius 2 is 2.06 bits per heavy atom. The molecule has 0 aromatic heterocycles. The van der Waals surface area contributed by atoms with Crippen molar-refractivity contribution >= 4 is 28.9 Å². The average Bonchev–Trinajstić information content (AvgIpc) is 2.30. The van der Waals surface area contributed by atoms with Crippen LogP contribution in [-0.4, -0.2) is 12.5 Å². The zero-order valence-corrected chi connectivity index (χ0v) is 11.4. The van der Waals surface area contributed by atoms with Gasteiger partial charge in [0, 0.05) is 12.2 Å². The fourth-order valence-corrected chi connectivity index (χ4v) is 2.06. The molecule has 0 aliphatic carbocycles. The summed E-state index contributed by atoms with van der Waals surface area (Å²) in [5.41, 5.74) is 12.3. The molecule has 4 nitrogen and oxygen atoms in total. The minimum absolute atomic E-state index is 0.343. The lowest BCUT2D eigenvalue weighted by atomic mass is 10.1. The molecular weight excluding hydrogens is 250 g/mol. The topological polar surface area (TPSA) is 81.1 Å². The molecule has 0 unspecified atom stereocenters. The van der Waals surface area contributed by atoms with E-state index in [1.807, 2.05) is 0 Å². The van der Waals surface area contributed by atoms with Gasteiger partial charge in [-0.25, -0.2) is 0 Å². The normalized spacial score (nSPS) is 10.3. The number of hydrogen-bond acceptors (Lipinski definition) is 3. The van der Waals surface area contributed by atoms with E-state index < -0.39 is 5.91 Å². The number of anilines is 2. The number of rotatable bonds is 7. The fourth-order valence-electron chi connectivity index (χ4n) is 1.77. The van der Waals surface area contributed by atoms with Crippen LogP contribution in [0.2, 0.25) is 5.02 Å². The molecule has 0 atom stereocenters. The largest absolute Gasteiger partial charge is 0.399 e. The summed E-state index contributed by atoms with van der Waals surface area (Å²) in [5, 5.41) is 3.59. The molecule has 0 saturated heterocycles. The number of benzene rings is 1. The summed E-state index contributed by atoms with van der Waals surface area (Å²) >= 11 is 6.07. The number of unbranched alkanes of at least 4 members (excludes halogenated alkanes) is 3. The van der Waals surface area contributed by atoms with Crippen molar-refractivity contribution in [1.29, 1.82) is 0 Å². The number of carbonyl (C=O) groups excluding carboxylic acids is 1. The first-order chi connectivity index (χ1) is 8.56. The maximum atomic E-state index is 11.3. The van der Waals surface area contributed by atoms with E-state index in [0.717, 1.165) is 19.4 Å². The third-order valence-corrected chi connectivity index (χ3v) is 3.01. The van der Waals surface area contributed by atoms with E-state index in [4.69, 9.17) is 23.1 Å². The Kier molecular flexibility index (Phi) is 5.78. The molecule has 0 saturated carbocycles. The highest BCUT2D eigenvalue weighted by Crippen LogP contribution is 2.29. The van der Waals surface area contributed by atoms with Gasteiger partial charge in [0.25, 0.3) is 5.91 Å². The summed E-state index contributed by atoms with van der Waals surface area (Å²) in [7, 11) is 0. The molecule has 0 spiro atoms. The van der Waals surface area contributed by atoms with Crippen LogP contribution in [0.3, 0.4) is 0 Å². The number of hydrogen-bond donors (Lipinski definition) is 3. The van der Waals surface area contributed by atoms with Gasteiger partial charge in [-0.15, -0.1) is 0 Å². The highest BCUT2D eigenvalue weighted by Gasteiger charge is 2.12. The highest BCUT2D eigenvalue weighted by atomic mass is 35.5. The van der Waals surface area contributed by atoms with Gasteiger partial charge in [0.05, 0.1) is 16.3 Å². The molecule has 1 aromatic carbocycles. The maximum Gasteiger partial charge on any atom is 0.250 e. The summed E-state index contributed by atoms with van der Waals surface area (Å²) in [6, 6.07) is 3.16. The van der Waals surface area contributed by atoms with E-state index in [1.54, 1.807) is 12.1 Å². The van der Waals surface area contributed by atoms with Crippen LogP contribution in [0.25, 0.3) is 0 Å². The summed E-state index contributed by atoms with van der Waals surface area (Å²) in [5.74, 6) is -0.528. The SMILES string of the molecule is CCCCCCNc1c(Cl)cc(N)cc1C(N)=O. The van der Waals surface area contributed by atoms with Crippen molar-refractivity contribution in [2.24, 2.45) is 5.73 Å². The molecule has 0 aliphatic heterocycles. The van der Waals surface area contributed by atoms with Gasteiger partial charge in [-0.3, -0.25) is 4.79 Å². The summed E-state index contributed by atoms with van der Waals surface area (Å²) < 4.78 is 0. The highest BCUT2D eigenvalue weighted by molar-refractivity contribution is 6.34. The molecular formula is C13H20ClN3O. The van der Waals surface area contributed by atoms with Crippen LogP contribution in [0.1, 0.15) is 43.0 Å². The van der Waals surface area contributed by atoms with E-state index in [-0.39, 0.29) is 0 Å². The number of nitrogens with two attached hydrogens (primary N) is 2. The van der Waals surface area contributed by atoms with Crippen LogP contribution in [0, 0.1) is 0 Å². The molecule has 100 valence electrons. The number of nitrogens with one attached hydrogen (secondary N) is 1. The molecule has 0 fully saturated rings. The summed E-state index contributed by atoms with van der Waals surface area (Å²) in [4.78, 5) is 11.3. The van der Waals surface area contributed by atoms with Gasteiger partial charge in [0.2, 0.25) is 0 Å². The second-order valence-electron chi connectivity index (χ2n) is 4.28. The van der Waals surface area contributed by atoms with Crippen molar-refractivity contribution in [2.75, 3.05) is 17.6 Å². The standard InChI is InChI=1S/C13H20ClN3O/c1-2-3-4-5-6-17-12-10(13(16)18)7-9(15)8-11(12)14/h7-8,17H,2-6,15H2,1H3,(H2,16,18). The number of halogens is 1. The monoisotopic (exact) mass is 269 g/mol. The second kappa shape index (κ2) is 7.11.